The Morgan fingerprint density at radius 3 is 1.58 bits per heavy atom. The molecule has 2 heteroatoms. The van der Waals surface area contributed by atoms with Crippen molar-refractivity contribution in [2.45, 2.75) is 50.5 Å². The normalized spacial score (nSPS) is 15.1. The van der Waals surface area contributed by atoms with E-state index in [1.165, 1.54) is 54.5 Å². The van der Waals surface area contributed by atoms with Gasteiger partial charge in [0.1, 0.15) is 11.4 Å². The molecule has 1 aliphatic carbocycles. The molecule has 2 nitrogen and oxygen atoms in total. The predicted molar refractivity (Wildman–Crippen MR) is 127 cm³/mol. The van der Waals surface area contributed by atoms with Gasteiger partial charge in [0.05, 0.1) is 5.69 Å². The van der Waals surface area contributed by atoms with Gasteiger partial charge in [0.25, 0.3) is 0 Å². The van der Waals surface area contributed by atoms with Crippen molar-refractivity contribution in [2.24, 2.45) is 0 Å². The molecular formula is C29H30N2. The summed E-state index contributed by atoms with van der Waals surface area (Å²) in [6.07, 6.45) is 8.85. The van der Waals surface area contributed by atoms with Gasteiger partial charge in [0.15, 0.2) is 0 Å². The Hall–Kier alpha value is -3.13. The third-order valence-electron chi connectivity index (χ3n) is 6.86. The summed E-state index contributed by atoms with van der Waals surface area (Å²) in [6, 6.07) is 32.6. The highest BCUT2D eigenvalue weighted by Gasteiger charge is 2.39. The summed E-state index contributed by atoms with van der Waals surface area (Å²) in [6.45, 7) is 2.16. The minimum atomic E-state index is -0.465. The molecule has 1 aromatic heterocycles. The van der Waals surface area contributed by atoms with Crippen LogP contribution in [-0.4, -0.2) is 9.55 Å². The standard InChI is InChI=1S/C29H30N2/c1-23-30-28(24-14-6-2-7-15-24)22-31(23)29(25-16-8-3-9-17-25,26-18-10-4-11-19-26)27-20-12-5-13-21-27/h3-5,8-13,16-22,24H,2,6-7,14-15H2,1H3. The number of nitrogens with zero attached hydrogens (tertiary/aromatic N) is 2. The van der Waals surface area contributed by atoms with Gasteiger partial charge in [0, 0.05) is 12.1 Å². The predicted octanol–water partition coefficient (Wildman–Crippen LogP) is 7.08. The summed E-state index contributed by atoms with van der Waals surface area (Å²) in [5.74, 6) is 1.64. The zero-order chi connectivity index (χ0) is 21.1. The first-order valence-electron chi connectivity index (χ1n) is 11.5. The fraction of sp³-hybridized carbons (Fsp3) is 0.276. The average molecular weight is 407 g/mol. The first-order valence-corrected chi connectivity index (χ1v) is 11.5. The smallest absolute Gasteiger partial charge is 0.121 e. The minimum absolute atomic E-state index is 0.465. The number of imidazole rings is 1. The summed E-state index contributed by atoms with van der Waals surface area (Å²) in [5, 5.41) is 0. The summed E-state index contributed by atoms with van der Waals surface area (Å²) < 4.78 is 2.43. The minimum Gasteiger partial charge on any atom is -0.316 e. The maximum absolute atomic E-state index is 5.14. The molecule has 1 saturated carbocycles. The van der Waals surface area contributed by atoms with Crippen molar-refractivity contribution in [3.05, 3.63) is 125 Å². The lowest BCUT2D eigenvalue weighted by Gasteiger charge is -2.38. The van der Waals surface area contributed by atoms with E-state index in [0.717, 1.165) is 5.82 Å². The maximum atomic E-state index is 5.14. The van der Waals surface area contributed by atoms with E-state index in [0.29, 0.717) is 5.92 Å². The zero-order valence-electron chi connectivity index (χ0n) is 18.2. The van der Waals surface area contributed by atoms with Crippen LogP contribution in [0.5, 0.6) is 0 Å². The lowest BCUT2D eigenvalue weighted by Crippen LogP contribution is -2.38. The summed E-state index contributed by atoms with van der Waals surface area (Å²) in [7, 11) is 0. The lowest BCUT2D eigenvalue weighted by atomic mass is 9.76. The van der Waals surface area contributed by atoms with Crippen LogP contribution in [0, 0.1) is 6.92 Å². The van der Waals surface area contributed by atoms with Gasteiger partial charge in [0.2, 0.25) is 0 Å². The van der Waals surface area contributed by atoms with Crippen LogP contribution in [0.15, 0.2) is 97.2 Å². The Kier molecular flexibility index (Phi) is 5.46. The number of rotatable bonds is 5. The Labute approximate surface area is 185 Å². The van der Waals surface area contributed by atoms with E-state index < -0.39 is 5.54 Å². The molecule has 0 aliphatic heterocycles. The number of benzene rings is 3. The van der Waals surface area contributed by atoms with Crippen molar-refractivity contribution in [3.63, 3.8) is 0 Å². The summed E-state index contributed by atoms with van der Waals surface area (Å²) in [4.78, 5) is 5.14. The molecule has 0 N–H and O–H groups in total. The lowest BCUT2D eigenvalue weighted by molar-refractivity contribution is 0.436. The van der Waals surface area contributed by atoms with Gasteiger partial charge < -0.3 is 4.57 Å². The molecule has 3 aromatic carbocycles. The van der Waals surface area contributed by atoms with E-state index in [-0.39, 0.29) is 0 Å². The van der Waals surface area contributed by atoms with Crippen molar-refractivity contribution >= 4 is 0 Å². The van der Waals surface area contributed by atoms with Gasteiger partial charge in [-0.05, 0) is 36.5 Å². The fourth-order valence-electron chi connectivity index (χ4n) is 5.39. The van der Waals surface area contributed by atoms with Crippen LogP contribution in [0.25, 0.3) is 0 Å². The first-order chi connectivity index (χ1) is 15.3. The largest absolute Gasteiger partial charge is 0.316 e. The summed E-state index contributed by atoms with van der Waals surface area (Å²) >= 11 is 0. The second kappa shape index (κ2) is 8.55. The quantitative estimate of drug-likeness (QED) is 0.324. The van der Waals surface area contributed by atoms with Gasteiger partial charge in [-0.2, -0.15) is 0 Å². The van der Waals surface area contributed by atoms with Crippen molar-refractivity contribution in [2.75, 3.05) is 0 Å². The topological polar surface area (TPSA) is 17.8 Å². The van der Waals surface area contributed by atoms with E-state index >= 15 is 0 Å². The fourth-order valence-corrected chi connectivity index (χ4v) is 5.39. The van der Waals surface area contributed by atoms with Gasteiger partial charge in [-0.3, -0.25) is 0 Å². The molecule has 1 heterocycles. The molecule has 0 amide bonds. The van der Waals surface area contributed by atoms with Crippen LogP contribution in [-0.2, 0) is 5.54 Å². The van der Waals surface area contributed by atoms with Crippen molar-refractivity contribution in [3.8, 4) is 0 Å². The number of hydrogen-bond acceptors (Lipinski definition) is 1. The van der Waals surface area contributed by atoms with Gasteiger partial charge in [-0.15, -0.1) is 0 Å². The van der Waals surface area contributed by atoms with Crippen molar-refractivity contribution in [1.82, 2.24) is 9.55 Å². The molecule has 1 fully saturated rings. The highest BCUT2D eigenvalue weighted by atomic mass is 15.1. The molecule has 0 radical (unpaired) electrons. The Morgan fingerprint density at radius 2 is 1.13 bits per heavy atom. The zero-order valence-corrected chi connectivity index (χ0v) is 18.2. The van der Waals surface area contributed by atoms with E-state index in [1.54, 1.807) is 0 Å². The molecule has 0 unspecified atom stereocenters. The van der Waals surface area contributed by atoms with Crippen LogP contribution in [0.4, 0.5) is 0 Å². The van der Waals surface area contributed by atoms with E-state index in [1.807, 2.05) is 0 Å². The van der Waals surface area contributed by atoms with Crippen molar-refractivity contribution in [1.29, 1.82) is 0 Å². The van der Waals surface area contributed by atoms with E-state index in [4.69, 9.17) is 4.98 Å². The molecule has 5 rings (SSSR count). The van der Waals surface area contributed by atoms with Crippen molar-refractivity contribution < 1.29 is 0 Å². The molecule has 0 saturated heterocycles. The SMILES string of the molecule is Cc1nc(C2CCCCC2)cn1C(c1ccccc1)(c1ccccc1)c1ccccc1. The first kappa shape index (κ1) is 19.8. The molecule has 0 atom stereocenters. The molecule has 156 valence electrons. The van der Waals surface area contributed by atoms with Gasteiger partial charge in [-0.25, -0.2) is 4.98 Å². The molecule has 0 bridgehead atoms. The van der Waals surface area contributed by atoms with Crippen LogP contribution in [0.3, 0.4) is 0 Å². The van der Waals surface area contributed by atoms with E-state index in [2.05, 4.69) is 109 Å². The van der Waals surface area contributed by atoms with Crippen LogP contribution >= 0.6 is 0 Å². The third-order valence-corrected chi connectivity index (χ3v) is 6.86. The van der Waals surface area contributed by atoms with Gasteiger partial charge >= 0.3 is 0 Å². The maximum Gasteiger partial charge on any atom is 0.121 e. The monoisotopic (exact) mass is 406 g/mol. The molecule has 4 aromatic rings. The van der Waals surface area contributed by atoms with E-state index in [9.17, 15) is 0 Å². The highest BCUT2D eigenvalue weighted by Crippen LogP contribution is 2.43. The number of hydrogen-bond donors (Lipinski definition) is 0. The van der Waals surface area contributed by atoms with Crippen LogP contribution in [0.2, 0.25) is 0 Å². The Balaban J connectivity index is 1.80. The molecular weight excluding hydrogens is 376 g/mol. The molecule has 31 heavy (non-hydrogen) atoms. The number of aromatic nitrogens is 2. The second-order valence-electron chi connectivity index (χ2n) is 8.73. The van der Waals surface area contributed by atoms with Crippen LogP contribution in [0.1, 0.15) is 66.2 Å². The molecule has 0 spiro atoms. The van der Waals surface area contributed by atoms with Gasteiger partial charge in [-0.1, -0.05) is 110 Å². The average Bonchev–Trinajstić information content (AvgIpc) is 3.24. The summed E-state index contributed by atoms with van der Waals surface area (Å²) in [5.41, 5.74) is 4.55. The Bertz CT molecular complexity index is 1010. The van der Waals surface area contributed by atoms with Crippen LogP contribution < -0.4 is 0 Å². The molecule has 1 aliphatic rings. The third kappa shape index (κ3) is 3.50. The highest BCUT2D eigenvalue weighted by molar-refractivity contribution is 5.51. The Morgan fingerprint density at radius 1 is 0.677 bits per heavy atom. The second-order valence-corrected chi connectivity index (χ2v) is 8.73. The number of aryl methyl sites for hydroxylation is 1.